The van der Waals surface area contributed by atoms with Crippen molar-refractivity contribution in [3.05, 3.63) is 6.43 Å². The van der Waals surface area contributed by atoms with Crippen molar-refractivity contribution in [2.45, 2.75) is 58.2 Å². The summed E-state index contributed by atoms with van der Waals surface area (Å²) in [6, 6.07) is 0. The smallest absolute Gasteiger partial charge is 0.153 e. The maximum Gasteiger partial charge on any atom is 0.153 e. The Labute approximate surface area is 112 Å². The maximum absolute atomic E-state index is 12.1. The van der Waals surface area contributed by atoms with E-state index < -0.39 is 14.5 Å². The van der Waals surface area contributed by atoms with E-state index in [0.717, 1.165) is 0 Å². The van der Waals surface area contributed by atoms with E-state index >= 15 is 0 Å². The molecule has 90 valence electrons. The third kappa shape index (κ3) is 4.18. The molecule has 0 aliphatic rings. The molecular formula is C12H21F2SiZn-. The molecule has 0 amide bonds. The predicted octanol–water partition coefficient (Wildman–Crippen LogP) is 4.63. The minimum absolute atomic E-state index is 0. The van der Waals surface area contributed by atoms with Crippen LogP contribution in [0, 0.1) is 17.9 Å². The van der Waals surface area contributed by atoms with Gasteiger partial charge in [0.25, 0.3) is 0 Å². The van der Waals surface area contributed by atoms with Crippen molar-refractivity contribution in [1.29, 1.82) is 0 Å². The first-order valence-corrected chi connectivity index (χ1v) is 7.69. The average Bonchev–Trinajstić information content (AvgIpc) is 2.02. The number of halogens is 2. The number of rotatable bonds is 3. The summed E-state index contributed by atoms with van der Waals surface area (Å²) < 4.78 is 24.2. The van der Waals surface area contributed by atoms with E-state index in [-0.39, 0.29) is 19.5 Å². The van der Waals surface area contributed by atoms with Crippen LogP contribution in [0.3, 0.4) is 0 Å². The normalized spacial score (nSPS) is 11.2. The second kappa shape index (κ2) is 7.46. The largest absolute Gasteiger partial charge is 0.326 e. The molecule has 0 aliphatic heterocycles. The molecule has 0 unspecified atom stereocenters. The van der Waals surface area contributed by atoms with E-state index in [1.165, 1.54) is 0 Å². The van der Waals surface area contributed by atoms with E-state index in [9.17, 15) is 8.78 Å². The first-order chi connectivity index (χ1) is 6.75. The third-order valence-electron chi connectivity index (χ3n) is 3.24. The van der Waals surface area contributed by atoms with Crippen LogP contribution in [0.5, 0.6) is 0 Å². The van der Waals surface area contributed by atoms with Crippen molar-refractivity contribution in [1.82, 2.24) is 0 Å². The third-order valence-corrected chi connectivity index (χ3v) is 9.53. The standard InChI is InChI=1S/C12H21F2Si.Zn/c1-9(2)15(10(3)4,11(5)6)8-7-12(13)14;/h9-11H,1-6H3;/q-1;. The van der Waals surface area contributed by atoms with Crippen LogP contribution in [0.15, 0.2) is 0 Å². The van der Waals surface area contributed by atoms with E-state index in [4.69, 9.17) is 0 Å². The van der Waals surface area contributed by atoms with Crippen LogP contribution >= 0.6 is 0 Å². The van der Waals surface area contributed by atoms with Crippen molar-refractivity contribution in [2.75, 3.05) is 0 Å². The average molecular weight is 297 g/mol. The molecule has 0 N–H and O–H groups in total. The van der Waals surface area contributed by atoms with Crippen LogP contribution in [-0.4, -0.2) is 8.07 Å². The predicted molar refractivity (Wildman–Crippen MR) is 64.3 cm³/mol. The van der Waals surface area contributed by atoms with Crippen LogP contribution in [-0.2, 0) is 19.5 Å². The second-order valence-electron chi connectivity index (χ2n) is 4.91. The van der Waals surface area contributed by atoms with Crippen LogP contribution in [0.1, 0.15) is 41.5 Å². The minimum Gasteiger partial charge on any atom is -0.326 e. The molecule has 0 atom stereocenters. The van der Waals surface area contributed by atoms with Crippen LogP contribution < -0.4 is 0 Å². The Kier molecular flexibility index (Phi) is 8.62. The number of hydrogen-bond acceptors (Lipinski definition) is 0. The molecule has 0 saturated heterocycles. The van der Waals surface area contributed by atoms with Crippen molar-refractivity contribution in [3.8, 4) is 11.5 Å². The summed E-state index contributed by atoms with van der Waals surface area (Å²) >= 11 is 0. The van der Waals surface area contributed by atoms with Gasteiger partial charge in [-0.1, -0.05) is 58.2 Å². The quantitative estimate of drug-likeness (QED) is 0.404. The van der Waals surface area contributed by atoms with Gasteiger partial charge in [-0.2, -0.15) is 0 Å². The van der Waals surface area contributed by atoms with Crippen LogP contribution in [0.4, 0.5) is 8.78 Å². The summed E-state index contributed by atoms with van der Waals surface area (Å²) in [5.41, 5.74) is 4.15. The van der Waals surface area contributed by atoms with Gasteiger partial charge in [0.15, 0.2) is 6.43 Å². The molecule has 0 saturated carbocycles. The summed E-state index contributed by atoms with van der Waals surface area (Å²) in [7, 11) is -1.95. The zero-order valence-electron chi connectivity index (χ0n) is 11.2. The van der Waals surface area contributed by atoms with Gasteiger partial charge in [-0.05, 0) is 0 Å². The van der Waals surface area contributed by atoms with Gasteiger partial charge in [-0.25, -0.2) is 5.92 Å². The first-order valence-electron chi connectivity index (χ1n) is 5.46. The molecule has 0 heterocycles. The van der Waals surface area contributed by atoms with Crippen molar-refractivity contribution in [3.63, 3.8) is 0 Å². The monoisotopic (exact) mass is 295 g/mol. The Morgan fingerprint density at radius 3 is 1.38 bits per heavy atom. The van der Waals surface area contributed by atoms with Gasteiger partial charge in [-0.15, -0.1) is 0 Å². The maximum atomic E-state index is 12.1. The van der Waals surface area contributed by atoms with Crippen LogP contribution in [0.2, 0.25) is 16.6 Å². The molecule has 0 fully saturated rings. The fourth-order valence-electron chi connectivity index (χ4n) is 2.59. The van der Waals surface area contributed by atoms with E-state index in [0.29, 0.717) is 16.6 Å². The Morgan fingerprint density at radius 1 is 0.875 bits per heavy atom. The van der Waals surface area contributed by atoms with Gasteiger partial charge >= 0.3 is 0 Å². The fraction of sp³-hybridized carbons (Fsp3) is 0.750. The molecule has 0 aromatic rings. The van der Waals surface area contributed by atoms with Gasteiger partial charge in [-0.3, -0.25) is 8.78 Å². The zero-order valence-corrected chi connectivity index (χ0v) is 15.2. The molecule has 16 heavy (non-hydrogen) atoms. The molecule has 0 radical (unpaired) electrons. The molecule has 0 nitrogen and oxygen atoms in total. The molecule has 0 spiro atoms. The molecule has 0 rings (SSSR count). The van der Waals surface area contributed by atoms with E-state index in [1.807, 2.05) is 5.92 Å². The van der Waals surface area contributed by atoms with Gasteiger partial charge in [0.1, 0.15) is 0 Å². The summed E-state index contributed by atoms with van der Waals surface area (Å²) in [4.78, 5) is 0. The van der Waals surface area contributed by atoms with Gasteiger partial charge in [0, 0.05) is 27.6 Å². The topological polar surface area (TPSA) is 0 Å². The van der Waals surface area contributed by atoms with Crippen molar-refractivity contribution >= 4 is 8.07 Å². The molecule has 0 aliphatic carbocycles. The minimum atomic E-state index is -1.95. The van der Waals surface area contributed by atoms with E-state index in [1.54, 1.807) is 0 Å². The first kappa shape index (κ1) is 18.5. The fourth-order valence-corrected chi connectivity index (χ4v) is 7.77. The van der Waals surface area contributed by atoms with Gasteiger partial charge in [0.05, 0.1) is 0 Å². The Hall–Kier alpha value is 0.130. The Balaban J connectivity index is 0. The van der Waals surface area contributed by atoms with Crippen molar-refractivity contribution in [2.24, 2.45) is 0 Å². The summed E-state index contributed by atoms with van der Waals surface area (Å²) in [6.07, 6.45) is -1.76. The van der Waals surface area contributed by atoms with Gasteiger partial charge in [0.2, 0.25) is 0 Å². The zero-order chi connectivity index (χ0) is 12.2. The summed E-state index contributed by atoms with van der Waals surface area (Å²) in [5.74, 6) is 2.03. The number of hydrogen-bond donors (Lipinski definition) is 0. The van der Waals surface area contributed by atoms with E-state index in [2.05, 4.69) is 47.1 Å². The van der Waals surface area contributed by atoms with Crippen molar-refractivity contribution < 1.29 is 28.3 Å². The summed E-state index contributed by atoms with van der Waals surface area (Å²) in [6.45, 7) is 12.6. The Morgan fingerprint density at radius 2 is 1.19 bits per heavy atom. The SMILES string of the molecule is CC(C)[Si](C#C[C-](F)F)(C(C)C)C(C)C.[Zn]. The summed E-state index contributed by atoms with van der Waals surface area (Å²) in [5, 5.41) is 0. The van der Waals surface area contributed by atoms with Crippen LogP contribution in [0.25, 0.3) is 0 Å². The molecule has 0 aromatic carbocycles. The molecule has 4 heteroatoms. The second-order valence-corrected chi connectivity index (χ2v) is 10.5. The molecule has 0 aromatic heterocycles. The Bertz CT molecular complexity index is 230. The van der Waals surface area contributed by atoms with Gasteiger partial charge < -0.3 is 5.54 Å². The molecular weight excluding hydrogens is 276 g/mol. The molecule has 0 bridgehead atoms.